The highest BCUT2D eigenvalue weighted by molar-refractivity contribution is 7.89. The van der Waals surface area contributed by atoms with Crippen LogP contribution in [0.2, 0.25) is 0 Å². The molecule has 154 valence electrons. The molecule has 8 nitrogen and oxygen atoms in total. The minimum absolute atomic E-state index is 0.111. The van der Waals surface area contributed by atoms with E-state index in [0.717, 1.165) is 11.3 Å². The van der Waals surface area contributed by atoms with Gasteiger partial charge in [0.2, 0.25) is 15.9 Å². The number of rotatable bonds is 6. The van der Waals surface area contributed by atoms with E-state index in [1.807, 2.05) is 13.8 Å². The lowest BCUT2D eigenvalue weighted by atomic mass is 10.2. The first-order chi connectivity index (χ1) is 13.7. The highest BCUT2D eigenvalue weighted by atomic mass is 32.2. The molecule has 29 heavy (non-hydrogen) atoms. The van der Waals surface area contributed by atoms with Crippen molar-refractivity contribution in [2.24, 2.45) is 0 Å². The van der Waals surface area contributed by atoms with E-state index < -0.39 is 15.9 Å². The summed E-state index contributed by atoms with van der Waals surface area (Å²) >= 11 is 0. The van der Waals surface area contributed by atoms with Crippen LogP contribution in [0.15, 0.2) is 47.5 Å². The number of hydrogen-bond donors (Lipinski definition) is 2. The maximum atomic E-state index is 12.5. The molecule has 2 N–H and O–H groups in total. The molecular formula is C20H24N4O4S. The second kappa shape index (κ2) is 8.71. The fraction of sp³-hybridized carbons (Fsp3) is 0.350. The summed E-state index contributed by atoms with van der Waals surface area (Å²) in [4.78, 5) is 30.6. The normalized spacial score (nSPS) is 16.6. The first-order valence-corrected chi connectivity index (χ1v) is 10.8. The number of benzene rings is 1. The second-order valence-electron chi connectivity index (χ2n) is 7.13. The zero-order valence-electron chi connectivity index (χ0n) is 16.4. The standard InChI is InChI=1S/C20H24N4O4S/c1-14-3-7-18(8-4-14)29(27,28)22-12-19(25)23-17-9-10-24(13-17)20(26)16-6-5-15(2)21-11-16/h3-8,11,17,22H,9-10,12-13H2,1-2H3,(H,23,25)/t17-/m1/s1. The van der Waals surface area contributed by atoms with Crippen LogP contribution in [0.3, 0.4) is 0 Å². The molecule has 0 aliphatic carbocycles. The molecule has 0 bridgehead atoms. The molecular weight excluding hydrogens is 392 g/mol. The molecule has 2 heterocycles. The van der Waals surface area contributed by atoms with Gasteiger partial charge in [-0.1, -0.05) is 17.7 Å². The number of aromatic nitrogens is 1. The van der Waals surface area contributed by atoms with Crippen LogP contribution in [0.25, 0.3) is 0 Å². The molecule has 1 saturated heterocycles. The topological polar surface area (TPSA) is 108 Å². The number of pyridine rings is 1. The first kappa shape index (κ1) is 20.9. The minimum atomic E-state index is -3.75. The first-order valence-electron chi connectivity index (χ1n) is 9.32. The van der Waals surface area contributed by atoms with Crippen molar-refractivity contribution in [2.45, 2.75) is 31.2 Å². The molecule has 0 saturated carbocycles. The van der Waals surface area contributed by atoms with E-state index >= 15 is 0 Å². The molecule has 9 heteroatoms. The summed E-state index contributed by atoms with van der Waals surface area (Å²) in [5.41, 5.74) is 2.29. The lowest BCUT2D eigenvalue weighted by molar-refractivity contribution is -0.120. The van der Waals surface area contributed by atoms with Crippen molar-refractivity contribution in [3.63, 3.8) is 0 Å². The van der Waals surface area contributed by atoms with Gasteiger partial charge in [0.25, 0.3) is 5.91 Å². The number of nitrogens with one attached hydrogen (secondary N) is 2. The van der Waals surface area contributed by atoms with Crippen LogP contribution < -0.4 is 10.0 Å². The molecule has 1 aliphatic rings. The van der Waals surface area contributed by atoms with Crippen LogP contribution in [0.5, 0.6) is 0 Å². The van der Waals surface area contributed by atoms with Gasteiger partial charge in [0, 0.05) is 31.0 Å². The number of hydrogen-bond acceptors (Lipinski definition) is 5. The van der Waals surface area contributed by atoms with Gasteiger partial charge >= 0.3 is 0 Å². The van der Waals surface area contributed by atoms with E-state index in [4.69, 9.17) is 0 Å². The Kier molecular flexibility index (Phi) is 6.29. The lowest BCUT2D eigenvalue weighted by Crippen LogP contribution is -2.43. The average molecular weight is 417 g/mol. The number of sulfonamides is 1. The average Bonchev–Trinajstić information content (AvgIpc) is 3.15. The Hall–Kier alpha value is -2.78. The van der Waals surface area contributed by atoms with E-state index in [2.05, 4.69) is 15.0 Å². The van der Waals surface area contributed by atoms with Gasteiger partial charge in [0.15, 0.2) is 0 Å². The van der Waals surface area contributed by atoms with Gasteiger partial charge < -0.3 is 10.2 Å². The van der Waals surface area contributed by atoms with E-state index in [0.29, 0.717) is 25.1 Å². The van der Waals surface area contributed by atoms with Gasteiger partial charge in [-0.25, -0.2) is 13.1 Å². The maximum Gasteiger partial charge on any atom is 0.255 e. The van der Waals surface area contributed by atoms with Gasteiger partial charge in [0.05, 0.1) is 17.0 Å². The molecule has 0 spiro atoms. The maximum absolute atomic E-state index is 12.5. The number of likely N-dealkylation sites (tertiary alicyclic amines) is 1. The third-order valence-electron chi connectivity index (χ3n) is 4.75. The third-order valence-corrected chi connectivity index (χ3v) is 6.17. The SMILES string of the molecule is Cc1ccc(S(=O)(=O)NCC(=O)N[C@@H]2CCN(C(=O)c3ccc(C)nc3)C2)cc1. The van der Waals surface area contributed by atoms with Crippen LogP contribution in [0.1, 0.15) is 28.0 Å². The number of carbonyl (C=O) groups is 2. The molecule has 1 aromatic carbocycles. The molecule has 1 aliphatic heterocycles. The highest BCUT2D eigenvalue weighted by Crippen LogP contribution is 2.14. The third kappa shape index (κ3) is 5.39. The summed E-state index contributed by atoms with van der Waals surface area (Å²) in [6.07, 6.45) is 2.16. The Bertz CT molecular complexity index is 988. The van der Waals surface area contributed by atoms with Crippen molar-refractivity contribution in [3.05, 3.63) is 59.4 Å². The fourth-order valence-corrected chi connectivity index (χ4v) is 4.06. The largest absolute Gasteiger partial charge is 0.350 e. The fourth-order valence-electron chi connectivity index (χ4n) is 3.08. The van der Waals surface area contributed by atoms with Crippen LogP contribution in [0.4, 0.5) is 0 Å². The van der Waals surface area contributed by atoms with Crippen LogP contribution in [-0.2, 0) is 14.8 Å². The molecule has 1 fully saturated rings. The molecule has 3 rings (SSSR count). The number of amides is 2. The number of nitrogens with zero attached hydrogens (tertiary/aromatic N) is 2. The van der Waals surface area contributed by atoms with E-state index in [1.165, 1.54) is 12.1 Å². The molecule has 0 unspecified atom stereocenters. The summed E-state index contributed by atoms with van der Waals surface area (Å²) in [7, 11) is -3.75. The van der Waals surface area contributed by atoms with Gasteiger partial charge in [-0.05, 0) is 44.5 Å². The predicted octanol–water partition coefficient (Wildman–Crippen LogP) is 1.01. The van der Waals surface area contributed by atoms with Crippen LogP contribution >= 0.6 is 0 Å². The van der Waals surface area contributed by atoms with E-state index in [-0.39, 0.29) is 23.4 Å². The van der Waals surface area contributed by atoms with Crippen molar-refractivity contribution >= 4 is 21.8 Å². The smallest absolute Gasteiger partial charge is 0.255 e. The van der Waals surface area contributed by atoms with E-state index in [1.54, 1.807) is 35.4 Å². The number of carbonyl (C=O) groups excluding carboxylic acids is 2. The Labute approximate surface area is 170 Å². The van der Waals surface area contributed by atoms with Gasteiger partial charge in [-0.15, -0.1) is 0 Å². The summed E-state index contributed by atoms with van der Waals surface area (Å²) in [5, 5.41) is 2.78. The summed E-state index contributed by atoms with van der Waals surface area (Å²) in [6.45, 7) is 4.25. The second-order valence-corrected chi connectivity index (χ2v) is 8.90. The van der Waals surface area contributed by atoms with Gasteiger partial charge in [-0.3, -0.25) is 14.6 Å². The van der Waals surface area contributed by atoms with E-state index in [9.17, 15) is 18.0 Å². The summed E-state index contributed by atoms with van der Waals surface area (Å²) < 4.78 is 26.8. The van der Waals surface area contributed by atoms with Crippen LogP contribution in [-0.4, -0.2) is 55.8 Å². The van der Waals surface area contributed by atoms with Crippen LogP contribution in [0, 0.1) is 13.8 Å². The van der Waals surface area contributed by atoms with Crippen molar-refractivity contribution in [2.75, 3.05) is 19.6 Å². The van der Waals surface area contributed by atoms with Crippen molar-refractivity contribution in [1.29, 1.82) is 0 Å². The van der Waals surface area contributed by atoms with Gasteiger partial charge in [-0.2, -0.15) is 0 Å². The molecule has 2 amide bonds. The Morgan fingerprint density at radius 1 is 1.14 bits per heavy atom. The molecule has 1 atom stereocenters. The van der Waals surface area contributed by atoms with Crippen molar-refractivity contribution < 1.29 is 18.0 Å². The zero-order chi connectivity index (χ0) is 21.0. The minimum Gasteiger partial charge on any atom is -0.350 e. The Morgan fingerprint density at radius 3 is 2.52 bits per heavy atom. The predicted molar refractivity (Wildman–Crippen MR) is 108 cm³/mol. The van der Waals surface area contributed by atoms with Gasteiger partial charge in [0.1, 0.15) is 0 Å². The Morgan fingerprint density at radius 2 is 1.86 bits per heavy atom. The molecule has 2 aromatic rings. The zero-order valence-corrected chi connectivity index (χ0v) is 17.2. The number of aryl methyl sites for hydroxylation is 2. The molecule has 1 aromatic heterocycles. The van der Waals surface area contributed by atoms with Crippen molar-refractivity contribution in [3.8, 4) is 0 Å². The molecule has 0 radical (unpaired) electrons. The van der Waals surface area contributed by atoms with Crippen molar-refractivity contribution in [1.82, 2.24) is 19.9 Å². The summed E-state index contributed by atoms with van der Waals surface area (Å²) in [6, 6.07) is 9.68. The summed E-state index contributed by atoms with van der Waals surface area (Å²) in [5.74, 6) is -0.564. The lowest BCUT2D eigenvalue weighted by Gasteiger charge is -2.17. The Balaban J connectivity index is 1.49. The monoisotopic (exact) mass is 416 g/mol. The quantitative estimate of drug-likeness (QED) is 0.731. The highest BCUT2D eigenvalue weighted by Gasteiger charge is 2.28.